The van der Waals surface area contributed by atoms with Gasteiger partial charge in [0.15, 0.2) is 5.03 Å². The van der Waals surface area contributed by atoms with Crippen LogP contribution in [0.3, 0.4) is 0 Å². The fraction of sp³-hybridized carbons (Fsp3) is 0.538. The van der Waals surface area contributed by atoms with E-state index in [4.69, 9.17) is 0 Å². The topological polar surface area (TPSA) is 87.1 Å². The fourth-order valence-electron chi connectivity index (χ4n) is 2.60. The first-order valence-electron chi connectivity index (χ1n) is 7.09. The molecule has 1 N–H and O–H groups in total. The van der Waals surface area contributed by atoms with Crippen molar-refractivity contribution in [1.29, 1.82) is 0 Å². The number of nitrogens with one attached hydrogen (secondary N) is 1. The highest BCUT2D eigenvalue weighted by Gasteiger charge is 2.35. The number of aromatic nitrogens is 4. The van der Waals surface area contributed by atoms with Crippen LogP contribution in [0.15, 0.2) is 23.6 Å². The van der Waals surface area contributed by atoms with Crippen molar-refractivity contribution in [2.75, 3.05) is 26.7 Å². The second-order valence-corrected chi connectivity index (χ2v) is 7.46. The maximum Gasteiger partial charge on any atom is 0.262 e. The predicted octanol–water partition coefficient (Wildman–Crippen LogP) is 0.129. The van der Waals surface area contributed by atoms with E-state index in [-0.39, 0.29) is 11.1 Å². The third-order valence-corrected chi connectivity index (χ3v) is 5.87. The van der Waals surface area contributed by atoms with Crippen LogP contribution in [-0.2, 0) is 17.1 Å². The molecule has 0 amide bonds. The Kier molecular flexibility index (Phi) is 3.79. The van der Waals surface area contributed by atoms with Gasteiger partial charge in [-0.25, -0.2) is 18.4 Å². The lowest BCUT2D eigenvalue weighted by molar-refractivity contribution is 0.142. The normalized spacial score (nSPS) is 21.3. The zero-order valence-electron chi connectivity index (χ0n) is 12.9. The van der Waals surface area contributed by atoms with Crippen molar-refractivity contribution in [3.63, 3.8) is 0 Å². The van der Waals surface area contributed by atoms with Crippen molar-refractivity contribution in [2.45, 2.75) is 18.0 Å². The molecule has 3 heterocycles. The number of nitrogens with zero attached hydrogens (tertiary/aromatic N) is 5. The molecule has 1 atom stereocenters. The van der Waals surface area contributed by atoms with Gasteiger partial charge < -0.3 is 9.55 Å². The molecule has 0 aromatic carbocycles. The van der Waals surface area contributed by atoms with Crippen LogP contribution in [0.2, 0.25) is 0 Å². The average molecular weight is 324 g/mol. The molecule has 0 saturated carbocycles. The second-order valence-electron chi connectivity index (χ2n) is 5.57. The van der Waals surface area contributed by atoms with Gasteiger partial charge in [-0.15, -0.1) is 0 Å². The highest BCUT2D eigenvalue weighted by molar-refractivity contribution is 7.89. The van der Waals surface area contributed by atoms with Crippen LogP contribution in [-0.4, -0.2) is 63.8 Å². The Morgan fingerprint density at radius 3 is 2.68 bits per heavy atom. The van der Waals surface area contributed by atoms with Crippen molar-refractivity contribution >= 4 is 10.0 Å². The molecule has 9 heteroatoms. The van der Waals surface area contributed by atoms with Gasteiger partial charge in [-0.1, -0.05) is 0 Å². The SMILES string of the molecule is Cc1nc(S(=O)(=O)N2CCN(C)[C@H](c3ncc[nH]3)C2)cn1C. The molecule has 1 fully saturated rings. The number of piperazine rings is 1. The third-order valence-electron chi connectivity index (χ3n) is 4.14. The second kappa shape index (κ2) is 5.49. The average Bonchev–Trinajstić information content (AvgIpc) is 3.10. The Hall–Kier alpha value is -1.71. The number of H-pyrrole nitrogens is 1. The summed E-state index contributed by atoms with van der Waals surface area (Å²) in [5, 5.41) is 0.107. The summed E-state index contributed by atoms with van der Waals surface area (Å²) in [7, 11) is 0.185. The van der Waals surface area contributed by atoms with Crippen LogP contribution >= 0.6 is 0 Å². The highest BCUT2D eigenvalue weighted by atomic mass is 32.2. The minimum absolute atomic E-state index is 0.0802. The molecule has 1 aliphatic rings. The van der Waals surface area contributed by atoms with Crippen molar-refractivity contribution < 1.29 is 8.42 Å². The zero-order valence-corrected chi connectivity index (χ0v) is 13.7. The van der Waals surface area contributed by atoms with Gasteiger partial charge in [-0.2, -0.15) is 4.31 Å². The predicted molar refractivity (Wildman–Crippen MR) is 80.7 cm³/mol. The first-order valence-corrected chi connectivity index (χ1v) is 8.53. The van der Waals surface area contributed by atoms with E-state index in [2.05, 4.69) is 19.9 Å². The molecule has 0 aliphatic carbocycles. The van der Waals surface area contributed by atoms with E-state index < -0.39 is 10.0 Å². The molecule has 1 aliphatic heterocycles. The van der Waals surface area contributed by atoms with Crippen molar-refractivity contribution in [3.8, 4) is 0 Å². The summed E-state index contributed by atoms with van der Waals surface area (Å²) in [5.74, 6) is 1.45. The molecule has 0 unspecified atom stereocenters. The Bertz CT molecular complexity index is 732. The molecular formula is C13H20N6O2S. The summed E-state index contributed by atoms with van der Waals surface area (Å²) in [6.07, 6.45) is 4.99. The van der Waals surface area contributed by atoms with Gasteiger partial charge >= 0.3 is 0 Å². The summed E-state index contributed by atoms with van der Waals surface area (Å²) in [6, 6.07) is -0.0802. The lowest BCUT2D eigenvalue weighted by atomic mass is 10.2. The number of hydrogen-bond donors (Lipinski definition) is 1. The number of likely N-dealkylation sites (N-methyl/N-ethyl adjacent to an activating group) is 1. The number of rotatable bonds is 3. The van der Waals surface area contributed by atoms with Crippen LogP contribution in [0.4, 0.5) is 0 Å². The van der Waals surface area contributed by atoms with Crippen LogP contribution in [0.5, 0.6) is 0 Å². The maximum absolute atomic E-state index is 12.8. The summed E-state index contributed by atoms with van der Waals surface area (Å²) in [6.45, 7) is 3.25. The molecule has 3 rings (SSSR count). The number of sulfonamides is 1. The van der Waals surface area contributed by atoms with Gasteiger partial charge in [-0.05, 0) is 14.0 Å². The number of hydrogen-bond acceptors (Lipinski definition) is 5. The number of aryl methyl sites for hydroxylation is 2. The van der Waals surface area contributed by atoms with Crippen molar-refractivity contribution in [3.05, 3.63) is 30.2 Å². The largest absolute Gasteiger partial charge is 0.347 e. The molecule has 2 aromatic rings. The van der Waals surface area contributed by atoms with Gasteiger partial charge in [0, 0.05) is 45.3 Å². The summed E-state index contributed by atoms with van der Waals surface area (Å²) in [4.78, 5) is 13.6. The molecule has 22 heavy (non-hydrogen) atoms. The number of imidazole rings is 2. The van der Waals surface area contributed by atoms with E-state index in [0.29, 0.717) is 25.5 Å². The quantitative estimate of drug-likeness (QED) is 0.867. The minimum atomic E-state index is -3.58. The summed E-state index contributed by atoms with van der Waals surface area (Å²) < 4.78 is 28.8. The minimum Gasteiger partial charge on any atom is -0.347 e. The standard InChI is InChI=1S/C13H20N6O2S/c1-10-16-12(9-18(10)3)22(20,21)19-7-6-17(2)11(8-19)13-14-4-5-15-13/h4-5,9,11H,6-8H2,1-3H3,(H,14,15)/t11-/m0/s1. The van der Waals surface area contributed by atoms with Gasteiger partial charge in [0.25, 0.3) is 10.0 Å². The first kappa shape index (κ1) is 15.2. The lowest BCUT2D eigenvalue weighted by Crippen LogP contribution is -2.49. The van der Waals surface area contributed by atoms with E-state index >= 15 is 0 Å². The van der Waals surface area contributed by atoms with E-state index in [1.54, 1.807) is 37.1 Å². The summed E-state index contributed by atoms with van der Waals surface area (Å²) >= 11 is 0. The Morgan fingerprint density at radius 2 is 2.09 bits per heavy atom. The molecule has 2 aromatic heterocycles. The summed E-state index contributed by atoms with van der Waals surface area (Å²) in [5.41, 5.74) is 0. The third kappa shape index (κ3) is 2.55. The molecule has 0 spiro atoms. The van der Waals surface area contributed by atoms with Crippen LogP contribution in [0, 0.1) is 6.92 Å². The van der Waals surface area contributed by atoms with Gasteiger partial charge in [0.05, 0.1) is 6.04 Å². The maximum atomic E-state index is 12.8. The molecule has 1 saturated heterocycles. The van der Waals surface area contributed by atoms with E-state index in [1.807, 2.05) is 7.05 Å². The number of aromatic amines is 1. The molecule has 120 valence electrons. The first-order chi connectivity index (χ1) is 10.4. The Balaban J connectivity index is 1.88. The smallest absolute Gasteiger partial charge is 0.262 e. The van der Waals surface area contributed by atoms with Crippen LogP contribution < -0.4 is 0 Å². The van der Waals surface area contributed by atoms with Gasteiger partial charge in [-0.3, -0.25) is 4.90 Å². The van der Waals surface area contributed by atoms with E-state index in [1.165, 1.54) is 4.31 Å². The molecule has 0 radical (unpaired) electrons. The van der Waals surface area contributed by atoms with Crippen LogP contribution in [0.1, 0.15) is 17.7 Å². The van der Waals surface area contributed by atoms with Crippen molar-refractivity contribution in [2.24, 2.45) is 7.05 Å². The van der Waals surface area contributed by atoms with Crippen LogP contribution in [0.25, 0.3) is 0 Å². The van der Waals surface area contributed by atoms with E-state index in [0.717, 1.165) is 5.82 Å². The fourth-order valence-corrected chi connectivity index (χ4v) is 4.07. The van der Waals surface area contributed by atoms with Gasteiger partial charge in [0.2, 0.25) is 0 Å². The van der Waals surface area contributed by atoms with Gasteiger partial charge in [0.1, 0.15) is 11.6 Å². The monoisotopic (exact) mass is 324 g/mol. The Labute approximate surface area is 129 Å². The molecular weight excluding hydrogens is 304 g/mol. The van der Waals surface area contributed by atoms with E-state index in [9.17, 15) is 8.42 Å². The lowest BCUT2D eigenvalue weighted by Gasteiger charge is -2.37. The Morgan fingerprint density at radius 1 is 1.32 bits per heavy atom. The zero-order chi connectivity index (χ0) is 15.9. The molecule has 8 nitrogen and oxygen atoms in total. The highest BCUT2D eigenvalue weighted by Crippen LogP contribution is 2.25. The van der Waals surface area contributed by atoms with Crippen molar-refractivity contribution in [1.82, 2.24) is 28.7 Å². The molecule has 0 bridgehead atoms.